The summed E-state index contributed by atoms with van der Waals surface area (Å²) in [7, 11) is 1.62. The van der Waals surface area contributed by atoms with Gasteiger partial charge in [-0.2, -0.15) is 0 Å². The number of halogens is 2. The molecule has 0 aliphatic carbocycles. The molecular formula is C32H30FIN2O5. The van der Waals surface area contributed by atoms with E-state index in [4.69, 9.17) is 14.2 Å². The minimum atomic E-state index is -0.905. The second kappa shape index (κ2) is 15.2. The number of hydrogen-bond donors (Lipinski definition) is 2. The van der Waals surface area contributed by atoms with Crippen molar-refractivity contribution in [1.29, 1.82) is 0 Å². The fourth-order valence-electron chi connectivity index (χ4n) is 3.92. The maximum atomic E-state index is 13.2. The highest BCUT2D eigenvalue weighted by atomic mass is 127. The molecule has 4 rings (SSSR count). The van der Waals surface area contributed by atoms with Gasteiger partial charge in [0.25, 0.3) is 0 Å². The fraction of sp³-hybridized carbons (Fsp3) is 0.188. The van der Waals surface area contributed by atoms with Crippen molar-refractivity contribution < 1.29 is 28.2 Å². The van der Waals surface area contributed by atoms with Crippen LogP contribution in [0.4, 0.5) is 10.1 Å². The van der Waals surface area contributed by atoms with Gasteiger partial charge >= 0.3 is 0 Å². The van der Waals surface area contributed by atoms with Crippen LogP contribution in [0.3, 0.4) is 0 Å². The first-order valence-electron chi connectivity index (χ1n) is 13.0. The summed E-state index contributed by atoms with van der Waals surface area (Å²) < 4.78 is 30.9. The monoisotopic (exact) mass is 668 g/mol. The second-order valence-electron chi connectivity index (χ2n) is 9.16. The van der Waals surface area contributed by atoms with Crippen LogP contribution in [0.2, 0.25) is 0 Å². The quantitative estimate of drug-likeness (QED) is 0.159. The number of nitrogens with one attached hydrogen (secondary N) is 2. The van der Waals surface area contributed by atoms with Crippen molar-refractivity contribution in [3.63, 3.8) is 0 Å². The zero-order valence-electron chi connectivity index (χ0n) is 22.4. The number of benzene rings is 4. The number of methoxy groups -OCH3 is 1. The van der Waals surface area contributed by atoms with E-state index in [1.54, 1.807) is 31.4 Å². The van der Waals surface area contributed by atoms with Gasteiger partial charge in [-0.25, -0.2) is 4.39 Å². The highest BCUT2D eigenvalue weighted by Gasteiger charge is 2.21. The van der Waals surface area contributed by atoms with Crippen LogP contribution < -0.4 is 20.1 Å². The van der Waals surface area contributed by atoms with Crippen LogP contribution in [0.25, 0.3) is 0 Å². The van der Waals surface area contributed by atoms with E-state index in [0.29, 0.717) is 30.2 Å². The molecule has 4 aromatic carbocycles. The first-order chi connectivity index (χ1) is 19.9. The number of aryl methyl sites for hydroxylation is 1. The average Bonchev–Trinajstić information content (AvgIpc) is 2.98. The predicted molar refractivity (Wildman–Crippen MR) is 164 cm³/mol. The number of ether oxygens (including phenoxy) is 3. The van der Waals surface area contributed by atoms with Crippen molar-refractivity contribution in [1.82, 2.24) is 5.32 Å². The summed E-state index contributed by atoms with van der Waals surface area (Å²) in [6, 6.07) is 26.9. The van der Waals surface area contributed by atoms with Gasteiger partial charge in [0.1, 0.15) is 29.1 Å². The summed E-state index contributed by atoms with van der Waals surface area (Å²) in [5.41, 5.74) is 2.48. The Balaban J connectivity index is 1.36. The van der Waals surface area contributed by atoms with E-state index in [1.165, 1.54) is 24.3 Å². The Morgan fingerprint density at radius 3 is 2.22 bits per heavy atom. The van der Waals surface area contributed by atoms with Crippen LogP contribution >= 0.6 is 22.6 Å². The van der Waals surface area contributed by atoms with Gasteiger partial charge in [0.05, 0.1) is 23.9 Å². The number of rotatable bonds is 13. The van der Waals surface area contributed by atoms with Crippen LogP contribution in [0.5, 0.6) is 17.2 Å². The third-order valence-corrected chi connectivity index (χ3v) is 6.92. The van der Waals surface area contributed by atoms with Gasteiger partial charge in [0.15, 0.2) is 0 Å². The first-order valence-corrected chi connectivity index (χ1v) is 14.1. The highest BCUT2D eigenvalue weighted by molar-refractivity contribution is 14.1. The lowest BCUT2D eigenvalue weighted by atomic mass is 10.1. The Hall–Kier alpha value is -3.96. The molecule has 2 N–H and O–H groups in total. The van der Waals surface area contributed by atoms with Gasteiger partial charge in [0, 0.05) is 12.1 Å². The molecule has 212 valence electrons. The molecule has 41 heavy (non-hydrogen) atoms. The number of anilines is 1. The van der Waals surface area contributed by atoms with Crippen molar-refractivity contribution in [3.8, 4) is 17.2 Å². The largest absolute Gasteiger partial charge is 0.496 e. The molecule has 7 nitrogen and oxygen atoms in total. The Morgan fingerprint density at radius 2 is 1.56 bits per heavy atom. The minimum absolute atomic E-state index is 0.00133. The van der Waals surface area contributed by atoms with Crippen molar-refractivity contribution in [2.75, 3.05) is 19.0 Å². The Morgan fingerprint density at radius 1 is 0.878 bits per heavy atom. The molecule has 0 heterocycles. The molecule has 0 saturated heterocycles. The molecule has 0 spiro atoms. The molecule has 4 aromatic rings. The standard InChI is InChI=1S/C32H30FIN2O5/c1-39-30-17-7-22(19-28(30)34)8-18-31(37)36-29(21-40-20-23-5-3-2-4-6-23)32(38)35-25-11-15-27(16-12-25)41-26-13-9-24(33)10-14-26/h2-7,9-17,19,29H,8,18,20-21H2,1H3,(H,35,38)(H,36,37)/t29-/m0/s1. The van der Waals surface area contributed by atoms with E-state index in [9.17, 15) is 14.0 Å². The van der Waals surface area contributed by atoms with Crippen molar-refractivity contribution in [3.05, 3.63) is 118 Å². The molecule has 1 atom stereocenters. The van der Waals surface area contributed by atoms with Crippen molar-refractivity contribution in [2.24, 2.45) is 0 Å². The first kappa shape index (κ1) is 30.0. The van der Waals surface area contributed by atoms with E-state index >= 15 is 0 Å². The molecule has 2 amide bonds. The lowest BCUT2D eigenvalue weighted by Gasteiger charge is -2.19. The van der Waals surface area contributed by atoms with E-state index in [2.05, 4.69) is 33.2 Å². The van der Waals surface area contributed by atoms with Gasteiger partial charge in [-0.05, 0) is 101 Å². The van der Waals surface area contributed by atoms with E-state index in [-0.39, 0.29) is 24.8 Å². The summed E-state index contributed by atoms with van der Waals surface area (Å²) >= 11 is 2.19. The van der Waals surface area contributed by atoms with Crippen molar-refractivity contribution >= 4 is 40.1 Å². The maximum Gasteiger partial charge on any atom is 0.249 e. The van der Waals surface area contributed by atoms with Crippen LogP contribution in [-0.2, 0) is 27.4 Å². The zero-order valence-corrected chi connectivity index (χ0v) is 24.6. The van der Waals surface area contributed by atoms with E-state index in [0.717, 1.165) is 20.4 Å². The van der Waals surface area contributed by atoms with Gasteiger partial charge in [-0.1, -0.05) is 36.4 Å². The molecule has 0 bridgehead atoms. The van der Waals surface area contributed by atoms with Gasteiger partial charge in [0.2, 0.25) is 11.8 Å². The van der Waals surface area contributed by atoms with Crippen LogP contribution in [0.15, 0.2) is 97.1 Å². The molecule has 0 aliphatic heterocycles. The summed E-state index contributed by atoms with van der Waals surface area (Å²) in [6.45, 7) is 0.304. The predicted octanol–water partition coefficient (Wildman–Crippen LogP) is 6.50. The normalized spacial score (nSPS) is 11.4. The molecule has 0 unspecified atom stereocenters. The third-order valence-electron chi connectivity index (χ3n) is 6.08. The molecular weight excluding hydrogens is 638 g/mol. The van der Waals surface area contributed by atoms with Gasteiger partial charge in [-0.15, -0.1) is 0 Å². The number of carbonyl (C=O) groups excluding carboxylic acids is 2. The minimum Gasteiger partial charge on any atom is -0.496 e. The highest BCUT2D eigenvalue weighted by Crippen LogP contribution is 2.24. The Bertz CT molecular complexity index is 1430. The summed E-state index contributed by atoms with van der Waals surface area (Å²) in [5, 5.41) is 5.66. The summed E-state index contributed by atoms with van der Waals surface area (Å²) in [6.07, 6.45) is 0.723. The zero-order chi connectivity index (χ0) is 29.0. The third kappa shape index (κ3) is 9.58. The molecule has 0 radical (unpaired) electrons. The summed E-state index contributed by atoms with van der Waals surface area (Å²) in [4.78, 5) is 26.1. The SMILES string of the molecule is COc1ccc(CCC(=O)N[C@@H](COCc2ccccc2)C(=O)Nc2ccc(Oc3ccc(F)cc3)cc2)cc1I. The van der Waals surface area contributed by atoms with Crippen molar-refractivity contribution in [2.45, 2.75) is 25.5 Å². The molecule has 0 fully saturated rings. The molecule has 0 aromatic heterocycles. The van der Waals surface area contributed by atoms with E-state index in [1.807, 2.05) is 48.5 Å². The van der Waals surface area contributed by atoms with Gasteiger partial charge < -0.3 is 24.8 Å². The lowest BCUT2D eigenvalue weighted by Crippen LogP contribution is -2.46. The average molecular weight is 669 g/mol. The number of amides is 2. The molecule has 9 heteroatoms. The van der Waals surface area contributed by atoms with Crippen LogP contribution in [0.1, 0.15) is 17.5 Å². The number of hydrogen-bond acceptors (Lipinski definition) is 5. The Labute approximate surface area is 252 Å². The van der Waals surface area contributed by atoms with Gasteiger partial charge in [-0.3, -0.25) is 9.59 Å². The second-order valence-corrected chi connectivity index (χ2v) is 10.3. The van der Waals surface area contributed by atoms with Crippen LogP contribution in [0, 0.1) is 9.39 Å². The smallest absolute Gasteiger partial charge is 0.249 e. The topological polar surface area (TPSA) is 85.9 Å². The maximum absolute atomic E-state index is 13.2. The lowest BCUT2D eigenvalue weighted by molar-refractivity contribution is -0.128. The summed E-state index contributed by atoms with van der Waals surface area (Å²) in [5.74, 6) is 0.783. The van der Waals surface area contributed by atoms with E-state index < -0.39 is 11.9 Å². The molecule has 0 aliphatic rings. The fourth-order valence-corrected chi connectivity index (χ4v) is 4.72. The van der Waals surface area contributed by atoms with Crippen LogP contribution in [-0.4, -0.2) is 31.6 Å². The number of carbonyl (C=O) groups is 2. The Kier molecular flexibility index (Phi) is 11.1. The molecule has 0 saturated carbocycles.